The number of hydrogen-bond acceptors (Lipinski definition) is 5. The fraction of sp³-hybridized carbons (Fsp3) is 0.250. The Morgan fingerprint density at radius 3 is 2.74 bits per heavy atom. The fourth-order valence-electron chi connectivity index (χ4n) is 2.66. The average molecular weight is 324 g/mol. The van der Waals surface area contributed by atoms with E-state index in [0.717, 1.165) is 39.4 Å². The van der Waals surface area contributed by atoms with Crippen LogP contribution in [-0.4, -0.2) is 29.0 Å². The molecule has 0 aliphatic carbocycles. The van der Waals surface area contributed by atoms with E-state index in [1.807, 2.05) is 30.4 Å². The summed E-state index contributed by atoms with van der Waals surface area (Å²) in [7, 11) is 0. The van der Waals surface area contributed by atoms with Gasteiger partial charge in [-0.25, -0.2) is 9.97 Å². The maximum absolute atomic E-state index is 4.64. The highest BCUT2D eigenvalue weighted by atomic mass is 32.2. The number of hydrogen-bond donors (Lipinski definition) is 0. The average Bonchev–Trinajstić information content (AvgIpc) is 3.07. The monoisotopic (exact) mass is 324 g/mol. The van der Waals surface area contributed by atoms with E-state index in [-0.39, 0.29) is 0 Å². The van der Waals surface area contributed by atoms with Gasteiger partial charge in [-0.1, -0.05) is 17.8 Å². The second-order valence-electron chi connectivity index (χ2n) is 5.61. The first kappa shape index (κ1) is 14.2. The van der Waals surface area contributed by atoms with Gasteiger partial charge in [-0.3, -0.25) is 4.40 Å². The lowest BCUT2D eigenvalue weighted by molar-refractivity contribution is 0.854. The Balaban J connectivity index is 1.63. The standard InChI is InChI=1S/C16H16N6S/c1-10-4-5-14-18-13(8-21(14)7-10)9-23-16-20-19-15-6-11(2)17-12(3)22(15)16/h4-8H,9H2,1-3H3. The molecule has 0 aromatic carbocycles. The van der Waals surface area contributed by atoms with Crippen molar-refractivity contribution in [3.05, 3.63) is 53.4 Å². The van der Waals surface area contributed by atoms with Crippen molar-refractivity contribution in [3.8, 4) is 0 Å². The number of rotatable bonds is 3. The van der Waals surface area contributed by atoms with Crippen molar-refractivity contribution in [1.29, 1.82) is 0 Å². The Bertz CT molecular complexity index is 1020. The van der Waals surface area contributed by atoms with Crippen LogP contribution in [0.5, 0.6) is 0 Å². The van der Waals surface area contributed by atoms with Gasteiger partial charge in [0.2, 0.25) is 0 Å². The zero-order valence-electron chi connectivity index (χ0n) is 13.2. The van der Waals surface area contributed by atoms with Crippen LogP contribution < -0.4 is 0 Å². The highest BCUT2D eigenvalue weighted by Gasteiger charge is 2.11. The predicted molar refractivity (Wildman–Crippen MR) is 89.7 cm³/mol. The van der Waals surface area contributed by atoms with Crippen LogP contribution in [0.3, 0.4) is 0 Å². The van der Waals surface area contributed by atoms with E-state index < -0.39 is 0 Å². The van der Waals surface area contributed by atoms with Crippen molar-refractivity contribution in [1.82, 2.24) is 29.0 Å². The molecule has 0 N–H and O–H groups in total. The molecule has 23 heavy (non-hydrogen) atoms. The Hall–Kier alpha value is -2.41. The Morgan fingerprint density at radius 1 is 1.00 bits per heavy atom. The molecule has 0 saturated carbocycles. The molecule has 4 rings (SSSR count). The van der Waals surface area contributed by atoms with Crippen molar-refractivity contribution < 1.29 is 0 Å². The van der Waals surface area contributed by atoms with Crippen molar-refractivity contribution in [2.75, 3.05) is 0 Å². The lowest BCUT2D eigenvalue weighted by Crippen LogP contribution is -1.98. The summed E-state index contributed by atoms with van der Waals surface area (Å²) in [6.07, 6.45) is 4.15. The first-order chi connectivity index (χ1) is 11.1. The van der Waals surface area contributed by atoms with E-state index in [1.54, 1.807) is 11.8 Å². The van der Waals surface area contributed by atoms with Crippen LogP contribution in [0.4, 0.5) is 0 Å². The number of nitrogens with zero attached hydrogens (tertiary/aromatic N) is 6. The van der Waals surface area contributed by atoms with Crippen LogP contribution in [0.25, 0.3) is 11.3 Å². The topological polar surface area (TPSA) is 60.4 Å². The Labute approximate surface area is 137 Å². The molecular weight excluding hydrogens is 308 g/mol. The second-order valence-corrected chi connectivity index (χ2v) is 6.56. The molecule has 0 atom stereocenters. The van der Waals surface area contributed by atoms with Crippen LogP contribution in [0.1, 0.15) is 22.8 Å². The number of thioether (sulfide) groups is 1. The molecule has 0 aliphatic heterocycles. The van der Waals surface area contributed by atoms with E-state index in [9.17, 15) is 0 Å². The zero-order chi connectivity index (χ0) is 16.0. The van der Waals surface area contributed by atoms with E-state index in [0.29, 0.717) is 0 Å². The van der Waals surface area contributed by atoms with Crippen LogP contribution in [-0.2, 0) is 5.75 Å². The molecule has 0 amide bonds. The third kappa shape index (κ3) is 2.57. The molecule has 6 nitrogen and oxygen atoms in total. The summed E-state index contributed by atoms with van der Waals surface area (Å²) in [6.45, 7) is 6.02. The zero-order valence-corrected chi connectivity index (χ0v) is 14.0. The van der Waals surface area contributed by atoms with Crippen LogP contribution in [0.15, 0.2) is 35.7 Å². The number of fused-ring (bicyclic) bond motifs is 2. The Morgan fingerprint density at radius 2 is 1.87 bits per heavy atom. The highest BCUT2D eigenvalue weighted by molar-refractivity contribution is 7.98. The van der Waals surface area contributed by atoms with Gasteiger partial charge in [0.15, 0.2) is 10.8 Å². The van der Waals surface area contributed by atoms with Gasteiger partial charge in [0.05, 0.1) is 5.69 Å². The molecule has 0 fully saturated rings. The van der Waals surface area contributed by atoms with E-state index in [4.69, 9.17) is 0 Å². The lowest BCUT2D eigenvalue weighted by Gasteiger charge is -2.03. The molecule has 4 aromatic heterocycles. The summed E-state index contributed by atoms with van der Waals surface area (Å²) in [5.74, 6) is 1.65. The predicted octanol–water partition coefficient (Wildman–Crippen LogP) is 2.99. The molecule has 0 unspecified atom stereocenters. The number of imidazole rings is 1. The maximum Gasteiger partial charge on any atom is 0.197 e. The van der Waals surface area contributed by atoms with Crippen LogP contribution in [0, 0.1) is 20.8 Å². The molecule has 0 spiro atoms. The minimum Gasteiger partial charge on any atom is -0.307 e. The summed E-state index contributed by atoms with van der Waals surface area (Å²) in [5.41, 5.74) is 4.99. The largest absolute Gasteiger partial charge is 0.307 e. The molecule has 4 heterocycles. The van der Waals surface area contributed by atoms with Crippen molar-refractivity contribution >= 4 is 23.1 Å². The number of aryl methyl sites for hydroxylation is 3. The molecule has 0 aliphatic rings. The molecule has 7 heteroatoms. The summed E-state index contributed by atoms with van der Waals surface area (Å²) < 4.78 is 4.04. The third-order valence-corrected chi connectivity index (χ3v) is 4.62. The number of aromatic nitrogens is 6. The van der Waals surface area contributed by atoms with E-state index in [2.05, 4.69) is 49.9 Å². The summed E-state index contributed by atoms with van der Waals surface area (Å²) in [5, 5.41) is 9.36. The SMILES string of the molecule is Cc1ccc2nc(CSc3nnc4cc(C)nc(C)n34)cn2c1. The van der Waals surface area contributed by atoms with Crippen LogP contribution >= 0.6 is 11.8 Å². The quantitative estimate of drug-likeness (QED) is 0.542. The van der Waals surface area contributed by atoms with Gasteiger partial charge in [-0.15, -0.1) is 10.2 Å². The van der Waals surface area contributed by atoms with Gasteiger partial charge < -0.3 is 4.40 Å². The van der Waals surface area contributed by atoms with Gasteiger partial charge in [-0.05, 0) is 32.4 Å². The van der Waals surface area contributed by atoms with E-state index in [1.165, 1.54) is 5.56 Å². The smallest absolute Gasteiger partial charge is 0.197 e. The minimum absolute atomic E-state index is 0.745. The molecule has 0 radical (unpaired) electrons. The van der Waals surface area contributed by atoms with Gasteiger partial charge >= 0.3 is 0 Å². The van der Waals surface area contributed by atoms with E-state index >= 15 is 0 Å². The molecule has 4 aromatic rings. The van der Waals surface area contributed by atoms with Crippen molar-refractivity contribution in [2.45, 2.75) is 31.7 Å². The van der Waals surface area contributed by atoms with Gasteiger partial charge in [-0.2, -0.15) is 0 Å². The molecule has 0 saturated heterocycles. The molecule has 0 bridgehead atoms. The first-order valence-electron chi connectivity index (χ1n) is 7.36. The Kier molecular flexibility index (Phi) is 3.30. The maximum atomic E-state index is 4.64. The van der Waals surface area contributed by atoms with Gasteiger partial charge in [0.1, 0.15) is 11.5 Å². The van der Waals surface area contributed by atoms with Gasteiger partial charge in [0, 0.05) is 29.9 Å². The van der Waals surface area contributed by atoms with Crippen molar-refractivity contribution in [3.63, 3.8) is 0 Å². The lowest BCUT2D eigenvalue weighted by atomic mass is 10.3. The summed E-state index contributed by atoms with van der Waals surface area (Å²) in [4.78, 5) is 9.12. The summed E-state index contributed by atoms with van der Waals surface area (Å²) >= 11 is 1.62. The second kappa shape index (κ2) is 5.34. The van der Waals surface area contributed by atoms with Crippen LogP contribution in [0.2, 0.25) is 0 Å². The molecular formula is C16H16N6S. The van der Waals surface area contributed by atoms with Crippen molar-refractivity contribution in [2.24, 2.45) is 0 Å². The molecule has 116 valence electrons. The number of pyridine rings is 1. The van der Waals surface area contributed by atoms with Gasteiger partial charge in [0.25, 0.3) is 0 Å². The summed E-state index contributed by atoms with van der Waals surface area (Å²) in [6, 6.07) is 6.05. The first-order valence-corrected chi connectivity index (χ1v) is 8.35. The minimum atomic E-state index is 0.745. The normalized spacial score (nSPS) is 11.6. The third-order valence-electron chi connectivity index (χ3n) is 3.66. The highest BCUT2D eigenvalue weighted by Crippen LogP contribution is 2.22. The fourth-order valence-corrected chi connectivity index (χ4v) is 3.53.